The fourth-order valence-corrected chi connectivity index (χ4v) is 1.46. The molecule has 0 fully saturated rings. The maximum absolute atomic E-state index is 12.3. The van der Waals surface area contributed by atoms with Gasteiger partial charge in [0.15, 0.2) is 17.3 Å². The molecule has 2 aromatic heterocycles. The predicted molar refractivity (Wildman–Crippen MR) is 63.3 cm³/mol. The van der Waals surface area contributed by atoms with Crippen molar-refractivity contribution in [1.29, 1.82) is 0 Å². The fourth-order valence-electron chi connectivity index (χ4n) is 1.46. The molecular weight excluding hydrogens is 293 g/mol. The Morgan fingerprint density at radius 1 is 1.33 bits per heavy atom. The molecule has 2 aromatic rings. The van der Waals surface area contributed by atoms with Crippen LogP contribution in [0.2, 0.25) is 0 Å². The summed E-state index contributed by atoms with van der Waals surface area (Å²) in [7, 11) is 0. The zero-order valence-corrected chi connectivity index (χ0v) is 10.1. The van der Waals surface area contributed by atoms with Gasteiger partial charge in [-0.05, 0) is 12.1 Å². The van der Waals surface area contributed by atoms with Crippen LogP contribution < -0.4 is 10.5 Å². The number of pyridine rings is 1. The van der Waals surface area contributed by atoms with Gasteiger partial charge in [-0.3, -0.25) is 4.98 Å². The number of aromatic carboxylic acids is 1. The van der Waals surface area contributed by atoms with E-state index in [1.807, 2.05) is 0 Å². The highest BCUT2D eigenvalue weighted by atomic mass is 19.4. The number of alkyl halides is 3. The number of nitrogens with two attached hydrogens (primary N) is 1. The Labute approximate surface area is 115 Å². The lowest BCUT2D eigenvalue weighted by Gasteiger charge is -2.12. The van der Waals surface area contributed by atoms with Crippen molar-refractivity contribution in [3.8, 4) is 17.1 Å². The number of rotatable bonds is 3. The van der Waals surface area contributed by atoms with Gasteiger partial charge >= 0.3 is 12.3 Å². The van der Waals surface area contributed by atoms with E-state index >= 15 is 0 Å². The summed E-state index contributed by atoms with van der Waals surface area (Å²) in [6, 6.07) is 2.25. The van der Waals surface area contributed by atoms with E-state index in [4.69, 9.17) is 10.8 Å². The third-order valence-corrected chi connectivity index (χ3v) is 2.24. The number of nitrogens with zero attached hydrogens (tertiary/aromatic N) is 3. The van der Waals surface area contributed by atoms with Crippen molar-refractivity contribution in [2.24, 2.45) is 0 Å². The van der Waals surface area contributed by atoms with Crippen LogP contribution in [0.15, 0.2) is 24.5 Å². The average molecular weight is 300 g/mol. The molecule has 110 valence electrons. The standard InChI is InChI=1S/C11H7F3N4O3/c12-11(13,14)21-6-2-1-3-16-7(6)5-4-17-9(15)8(18-5)10(19)20/h1-4H,(H2,15,17)(H,19,20). The molecular formula is C11H7F3N4O3. The lowest BCUT2D eigenvalue weighted by Crippen LogP contribution is -2.18. The Bertz CT molecular complexity index is 691. The number of anilines is 1. The summed E-state index contributed by atoms with van der Waals surface area (Å²) < 4.78 is 40.7. The molecule has 0 amide bonds. The van der Waals surface area contributed by atoms with Crippen molar-refractivity contribution in [1.82, 2.24) is 15.0 Å². The summed E-state index contributed by atoms with van der Waals surface area (Å²) in [5.74, 6) is -2.45. The zero-order valence-electron chi connectivity index (χ0n) is 10.1. The number of hydrogen-bond acceptors (Lipinski definition) is 6. The topological polar surface area (TPSA) is 111 Å². The number of ether oxygens (including phenoxy) is 1. The van der Waals surface area contributed by atoms with Crippen molar-refractivity contribution < 1.29 is 27.8 Å². The molecule has 7 nitrogen and oxygen atoms in total. The fraction of sp³-hybridized carbons (Fsp3) is 0.0909. The first-order valence-corrected chi connectivity index (χ1v) is 5.35. The monoisotopic (exact) mass is 300 g/mol. The lowest BCUT2D eigenvalue weighted by atomic mass is 10.2. The van der Waals surface area contributed by atoms with Crippen LogP contribution >= 0.6 is 0 Å². The molecule has 10 heteroatoms. The summed E-state index contributed by atoms with van der Waals surface area (Å²) in [6.45, 7) is 0. The predicted octanol–water partition coefficient (Wildman–Crippen LogP) is 1.72. The smallest absolute Gasteiger partial charge is 0.476 e. The highest BCUT2D eigenvalue weighted by Crippen LogP contribution is 2.31. The van der Waals surface area contributed by atoms with Crippen LogP contribution in [-0.4, -0.2) is 32.4 Å². The summed E-state index contributed by atoms with van der Waals surface area (Å²) in [5, 5.41) is 8.88. The Morgan fingerprint density at radius 2 is 2.05 bits per heavy atom. The first kappa shape index (κ1) is 14.5. The first-order chi connectivity index (χ1) is 9.78. The van der Waals surface area contributed by atoms with Gasteiger partial charge in [-0.2, -0.15) is 0 Å². The molecule has 0 spiro atoms. The number of nitrogen functional groups attached to an aromatic ring is 1. The van der Waals surface area contributed by atoms with Gasteiger partial charge in [-0.15, -0.1) is 13.2 Å². The van der Waals surface area contributed by atoms with Crippen molar-refractivity contribution in [3.63, 3.8) is 0 Å². The number of carboxylic acid groups (broad SMARTS) is 1. The molecule has 0 radical (unpaired) electrons. The van der Waals surface area contributed by atoms with Gasteiger partial charge in [0, 0.05) is 6.20 Å². The first-order valence-electron chi connectivity index (χ1n) is 5.35. The van der Waals surface area contributed by atoms with E-state index < -0.39 is 23.8 Å². The Morgan fingerprint density at radius 3 is 2.67 bits per heavy atom. The van der Waals surface area contributed by atoms with Gasteiger partial charge in [0.25, 0.3) is 0 Å². The molecule has 0 saturated carbocycles. The molecule has 21 heavy (non-hydrogen) atoms. The molecule has 0 atom stereocenters. The van der Waals surface area contributed by atoms with Crippen LogP contribution in [0.25, 0.3) is 11.4 Å². The van der Waals surface area contributed by atoms with Crippen LogP contribution in [0, 0.1) is 0 Å². The lowest BCUT2D eigenvalue weighted by molar-refractivity contribution is -0.274. The quantitative estimate of drug-likeness (QED) is 0.887. The van der Waals surface area contributed by atoms with Crippen molar-refractivity contribution in [3.05, 3.63) is 30.2 Å². The second-order valence-electron chi connectivity index (χ2n) is 3.69. The summed E-state index contributed by atoms with van der Waals surface area (Å²) >= 11 is 0. The minimum Gasteiger partial charge on any atom is -0.476 e. The highest BCUT2D eigenvalue weighted by molar-refractivity contribution is 5.90. The van der Waals surface area contributed by atoms with Crippen molar-refractivity contribution in [2.45, 2.75) is 6.36 Å². The van der Waals surface area contributed by atoms with E-state index in [1.165, 1.54) is 12.3 Å². The van der Waals surface area contributed by atoms with Crippen LogP contribution in [0.4, 0.5) is 19.0 Å². The van der Waals surface area contributed by atoms with Gasteiger partial charge in [0.2, 0.25) is 0 Å². The SMILES string of the molecule is Nc1ncc(-c2ncccc2OC(F)(F)F)nc1C(=O)O. The molecule has 0 bridgehead atoms. The molecule has 0 aliphatic carbocycles. The highest BCUT2D eigenvalue weighted by Gasteiger charge is 2.32. The third kappa shape index (κ3) is 3.35. The van der Waals surface area contributed by atoms with Gasteiger partial charge in [0.1, 0.15) is 11.4 Å². The zero-order chi connectivity index (χ0) is 15.6. The van der Waals surface area contributed by atoms with Crippen LogP contribution in [0.5, 0.6) is 5.75 Å². The maximum atomic E-state index is 12.3. The molecule has 3 N–H and O–H groups in total. The second kappa shape index (κ2) is 5.23. The Kier molecular flexibility index (Phi) is 3.61. The van der Waals surface area contributed by atoms with Crippen molar-refractivity contribution >= 4 is 11.8 Å². The Hall–Kier alpha value is -2.91. The van der Waals surface area contributed by atoms with Crippen LogP contribution in [0.3, 0.4) is 0 Å². The summed E-state index contributed by atoms with van der Waals surface area (Å²) in [6.07, 6.45) is -2.71. The number of aromatic nitrogens is 3. The molecule has 0 saturated heterocycles. The van der Waals surface area contributed by atoms with E-state index in [-0.39, 0.29) is 17.2 Å². The Balaban J connectivity index is 2.52. The average Bonchev–Trinajstić information content (AvgIpc) is 2.38. The number of hydrogen-bond donors (Lipinski definition) is 2. The van der Waals surface area contributed by atoms with E-state index in [1.54, 1.807) is 0 Å². The molecule has 0 aromatic carbocycles. The summed E-state index contributed by atoms with van der Waals surface area (Å²) in [4.78, 5) is 21.8. The van der Waals surface area contributed by atoms with Gasteiger partial charge in [0.05, 0.1) is 6.20 Å². The van der Waals surface area contributed by atoms with E-state index in [0.717, 1.165) is 12.3 Å². The number of carboxylic acids is 1. The van der Waals surface area contributed by atoms with E-state index in [0.29, 0.717) is 0 Å². The number of halogens is 3. The minimum absolute atomic E-state index is 0.207. The van der Waals surface area contributed by atoms with Crippen LogP contribution in [-0.2, 0) is 0 Å². The van der Waals surface area contributed by atoms with E-state index in [9.17, 15) is 18.0 Å². The molecule has 0 unspecified atom stereocenters. The van der Waals surface area contributed by atoms with Gasteiger partial charge in [-0.25, -0.2) is 14.8 Å². The molecule has 2 heterocycles. The van der Waals surface area contributed by atoms with Gasteiger partial charge in [-0.1, -0.05) is 0 Å². The minimum atomic E-state index is -4.92. The molecule has 0 aliphatic rings. The second-order valence-corrected chi connectivity index (χ2v) is 3.69. The van der Waals surface area contributed by atoms with Crippen LogP contribution in [0.1, 0.15) is 10.5 Å². The molecule has 0 aliphatic heterocycles. The third-order valence-electron chi connectivity index (χ3n) is 2.24. The molecule has 2 rings (SSSR count). The van der Waals surface area contributed by atoms with Gasteiger partial charge < -0.3 is 15.6 Å². The van der Waals surface area contributed by atoms with Crippen molar-refractivity contribution in [2.75, 3.05) is 5.73 Å². The summed E-state index contributed by atoms with van der Waals surface area (Å²) in [5.41, 5.74) is 4.23. The normalized spacial score (nSPS) is 11.2. The van der Waals surface area contributed by atoms with E-state index in [2.05, 4.69) is 19.7 Å². The largest absolute Gasteiger partial charge is 0.573 e. The number of carbonyl (C=O) groups is 1. The maximum Gasteiger partial charge on any atom is 0.573 e.